The Labute approximate surface area is 258 Å². The van der Waals surface area contributed by atoms with Gasteiger partial charge < -0.3 is 34.7 Å². The van der Waals surface area contributed by atoms with E-state index in [1.54, 1.807) is 12.1 Å². The lowest BCUT2D eigenvalue weighted by Crippen LogP contribution is -2.50. The molecule has 3 N–H and O–H groups in total. The zero-order valence-electron chi connectivity index (χ0n) is 25.0. The molecular weight excluding hydrogens is 591 g/mol. The van der Waals surface area contributed by atoms with Gasteiger partial charge in [0, 0.05) is 44.5 Å². The Bertz CT molecular complexity index is 1530. The highest BCUT2D eigenvalue weighted by atomic mass is 19.4. The van der Waals surface area contributed by atoms with E-state index in [9.17, 15) is 18.0 Å². The molecule has 45 heavy (non-hydrogen) atoms. The van der Waals surface area contributed by atoms with E-state index in [4.69, 9.17) is 14.2 Å². The number of benzene rings is 1. The van der Waals surface area contributed by atoms with Gasteiger partial charge in [-0.1, -0.05) is 19.3 Å². The molecule has 2 saturated heterocycles. The molecule has 0 bridgehead atoms. The molecule has 242 valence electrons. The summed E-state index contributed by atoms with van der Waals surface area (Å²) >= 11 is 0. The third-order valence-electron chi connectivity index (χ3n) is 9.26. The molecule has 2 aromatic heterocycles. The second-order valence-electron chi connectivity index (χ2n) is 12.1. The van der Waals surface area contributed by atoms with Crippen molar-refractivity contribution in [3.63, 3.8) is 0 Å². The Kier molecular flexibility index (Phi) is 8.34. The zero-order valence-corrected chi connectivity index (χ0v) is 25.0. The van der Waals surface area contributed by atoms with Crippen LogP contribution in [0.15, 0.2) is 18.3 Å². The number of amides is 1. The minimum atomic E-state index is -4.57. The van der Waals surface area contributed by atoms with E-state index in [-0.39, 0.29) is 48.0 Å². The summed E-state index contributed by atoms with van der Waals surface area (Å²) in [5.41, 5.74) is 0.123. The first kappa shape index (κ1) is 29.9. The highest BCUT2D eigenvalue weighted by Gasteiger charge is 2.36. The first-order valence-electron chi connectivity index (χ1n) is 15.9. The molecule has 1 aromatic carbocycles. The predicted molar refractivity (Wildman–Crippen MR) is 161 cm³/mol. The number of aromatic amines is 1. The smallest absolute Gasteiger partial charge is 0.418 e. The summed E-state index contributed by atoms with van der Waals surface area (Å²) in [6.45, 7) is 5.22. The average Bonchev–Trinajstić information content (AvgIpc) is 3.51. The molecule has 0 spiro atoms. The van der Waals surface area contributed by atoms with Crippen LogP contribution < -0.4 is 20.1 Å². The van der Waals surface area contributed by atoms with Gasteiger partial charge in [-0.25, -0.2) is 0 Å². The summed E-state index contributed by atoms with van der Waals surface area (Å²) in [6.07, 6.45) is 3.02. The Morgan fingerprint density at radius 3 is 2.38 bits per heavy atom. The number of carbonyl (C=O) groups is 1. The number of carbonyl (C=O) groups excluding carboxylic acids is 1. The van der Waals surface area contributed by atoms with Gasteiger partial charge in [0.1, 0.15) is 24.7 Å². The normalized spacial score (nSPS) is 20.4. The van der Waals surface area contributed by atoms with E-state index in [0.717, 1.165) is 77.4 Å². The second-order valence-corrected chi connectivity index (χ2v) is 12.1. The zero-order chi connectivity index (χ0) is 31.0. The standard InChI is InChI=1S/C31H38F3N7O4/c32-31(33,34)22-18-35-27-24(22)28(36-19-4-2-1-3-5-19)39-30(38-27)37-23-7-6-21(25-26(23)45-17-16-44-25)29(42)41-10-8-20(9-11-41)40-12-14-43-15-13-40/h6-7,18-20H,1-5,8-17H2,(H3,35,36,37,38,39). The molecule has 0 unspecified atom stereocenters. The number of rotatable bonds is 6. The summed E-state index contributed by atoms with van der Waals surface area (Å²) in [4.78, 5) is 29.6. The Morgan fingerprint density at radius 1 is 0.911 bits per heavy atom. The number of likely N-dealkylation sites (tertiary alicyclic amines) is 1. The predicted octanol–water partition coefficient (Wildman–Crippen LogP) is 5.17. The number of nitrogens with zero attached hydrogens (tertiary/aromatic N) is 4. The summed E-state index contributed by atoms with van der Waals surface area (Å²) in [6, 6.07) is 3.87. The SMILES string of the molecule is O=C(c1ccc(Nc2nc(NC3CCCCC3)c3c(C(F)(F)F)c[nH]c3n2)c2c1OCCO2)N1CCC(N2CCOCC2)CC1. The third kappa shape index (κ3) is 6.22. The molecule has 1 saturated carbocycles. The first-order chi connectivity index (χ1) is 21.8. The number of ether oxygens (including phenoxy) is 3. The fourth-order valence-corrected chi connectivity index (χ4v) is 6.93. The molecule has 7 rings (SSSR count). The number of fused-ring (bicyclic) bond motifs is 2. The number of H-pyrrole nitrogens is 1. The van der Waals surface area contributed by atoms with Crippen LogP contribution in [0.5, 0.6) is 11.5 Å². The number of anilines is 3. The number of hydrogen-bond donors (Lipinski definition) is 3. The Hall–Kier alpha value is -3.78. The largest absolute Gasteiger partial charge is 0.485 e. The number of halogens is 3. The summed E-state index contributed by atoms with van der Waals surface area (Å²) < 4.78 is 59.2. The van der Waals surface area contributed by atoms with Crippen LogP contribution in [0.3, 0.4) is 0 Å². The van der Waals surface area contributed by atoms with Gasteiger partial charge in [-0.15, -0.1) is 0 Å². The van der Waals surface area contributed by atoms with Crippen LogP contribution in [0, 0.1) is 0 Å². The van der Waals surface area contributed by atoms with Gasteiger partial charge in [0.05, 0.1) is 35.4 Å². The maximum absolute atomic E-state index is 13.9. The van der Waals surface area contributed by atoms with E-state index >= 15 is 0 Å². The monoisotopic (exact) mass is 629 g/mol. The fraction of sp³-hybridized carbons (Fsp3) is 0.581. The van der Waals surface area contributed by atoms with E-state index in [1.807, 2.05) is 4.90 Å². The van der Waals surface area contributed by atoms with Crippen LogP contribution in [0.1, 0.15) is 60.9 Å². The van der Waals surface area contributed by atoms with Gasteiger partial charge in [-0.05, 0) is 37.8 Å². The topological polar surface area (TPSA) is 117 Å². The first-order valence-corrected chi connectivity index (χ1v) is 15.9. The molecule has 5 heterocycles. The maximum atomic E-state index is 13.9. The number of hydrogen-bond acceptors (Lipinski definition) is 9. The van der Waals surface area contributed by atoms with Crippen molar-refractivity contribution >= 4 is 34.4 Å². The summed E-state index contributed by atoms with van der Waals surface area (Å²) in [5, 5.41) is 6.31. The van der Waals surface area contributed by atoms with Crippen molar-refractivity contribution < 1.29 is 32.2 Å². The van der Waals surface area contributed by atoms with Crippen LogP contribution in [-0.2, 0) is 10.9 Å². The molecule has 3 aromatic rings. The minimum absolute atomic E-state index is 0.0226. The van der Waals surface area contributed by atoms with Gasteiger partial charge in [0.15, 0.2) is 11.5 Å². The third-order valence-corrected chi connectivity index (χ3v) is 9.26. The lowest BCUT2D eigenvalue weighted by molar-refractivity contribution is -0.136. The number of alkyl halides is 3. The molecule has 0 atom stereocenters. The summed E-state index contributed by atoms with van der Waals surface area (Å²) in [7, 11) is 0. The molecule has 14 heteroatoms. The molecule has 3 aliphatic heterocycles. The molecule has 1 aliphatic carbocycles. The fourth-order valence-electron chi connectivity index (χ4n) is 6.93. The molecular formula is C31H38F3N7O4. The minimum Gasteiger partial charge on any atom is -0.485 e. The molecule has 1 amide bonds. The lowest BCUT2D eigenvalue weighted by Gasteiger charge is -2.40. The van der Waals surface area contributed by atoms with Crippen molar-refractivity contribution in [2.75, 3.05) is 63.2 Å². The number of nitrogens with one attached hydrogen (secondary N) is 3. The van der Waals surface area contributed by atoms with Gasteiger partial charge in [-0.2, -0.15) is 23.1 Å². The van der Waals surface area contributed by atoms with Gasteiger partial charge in [-0.3, -0.25) is 9.69 Å². The molecule has 3 fully saturated rings. The van der Waals surface area contributed by atoms with E-state index in [1.165, 1.54) is 0 Å². The summed E-state index contributed by atoms with van der Waals surface area (Å²) in [5.74, 6) is 0.792. The Morgan fingerprint density at radius 2 is 1.64 bits per heavy atom. The average molecular weight is 630 g/mol. The van der Waals surface area contributed by atoms with Gasteiger partial charge >= 0.3 is 6.18 Å². The molecule has 0 radical (unpaired) electrons. The van der Waals surface area contributed by atoms with Crippen LogP contribution in [0.4, 0.5) is 30.6 Å². The van der Waals surface area contributed by atoms with E-state index in [2.05, 4.69) is 30.5 Å². The quantitative estimate of drug-likeness (QED) is 0.340. The van der Waals surface area contributed by atoms with Gasteiger partial charge in [0.2, 0.25) is 5.95 Å². The van der Waals surface area contributed by atoms with E-state index < -0.39 is 11.7 Å². The van der Waals surface area contributed by atoms with Crippen LogP contribution in [0.25, 0.3) is 11.0 Å². The number of morpholine rings is 1. The Balaban J connectivity index is 1.14. The van der Waals surface area contributed by atoms with Crippen molar-refractivity contribution in [2.24, 2.45) is 0 Å². The highest BCUT2D eigenvalue weighted by Crippen LogP contribution is 2.43. The van der Waals surface area contributed by atoms with E-state index in [0.29, 0.717) is 41.9 Å². The second kappa shape index (κ2) is 12.5. The molecule has 4 aliphatic rings. The van der Waals surface area contributed by atoms with Crippen molar-refractivity contribution in [3.05, 3.63) is 29.5 Å². The highest BCUT2D eigenvalue weighted by molar-refractivity contribution is 5.99. The van der Waals surface area contributed by atoms with Crippen molar-refractivity contribution in [1.82, 2.24) is 24.8 Å². The molecule has 11 nitrogen and oxygen atoms in total. The maximum Gasteiger partial charge on any atom is 0.418 e. The lowest BCUT2D eigenvalue weighted by atomic mass is 9.95. The van der Waals surface area contributed by atoms with Crippen LogP contribution >= 0.6 is 0 Å². The van der Waals surface area contributed by atoms with Crippen molar-refractivity contribution in [2.45, 2.75) is 63.2 Å². The number of piperidine rings is 1. The van der Waals surface area contributed by atoms with Gasteiger partial charge in [0.25, 0.3) is 5.91 Å². The van der Waals surface area contributed by atoms with Crippen LogP contribution in [0.2, 0.25) is 0 Å². The number of aromatic nitrogens is 3. The van der Waals surface area contributed by atoms with Crippen LogP contribution in [-0.4, -0.2) is 95.3 Å². The van der Waals surface area contributed by atoms with Crippen molar-refractivity contribution in [1.29, 1.82) is 0 Å². The van der Waals surface area contributed by atoms with Crippen molar-refractivity contribution in [3.8, 4) is 11.5 Å².